The highest BCUT2D eigenvalue weighted by atomic mass is 15.2. The van der Waals surface area contributed by atoms with Crippen molar-refractivity contribution in [3.8, 4) is 0 Å². The molecule has 0 aliphatic carbocycles. The van der Waals surface area contributed by atoms with Crippen molar-refractivity contribution < 1.29 is 0 Å². The molecule has 2 nitrogen and oxygen atoms in total. The first-order valence-electron chi connectivity index (χ1n) is 5.18. The van der Waals surface area contributed by atoms with Crippen molar-refractivity contribution in [2.75, 3.05) is 6.54 Å². The van der Waals surface area contributed by atoms with E-state index >= 15 is 0 Å². The first-order valence-corrected chi connectivity index (χ1v) is 5.18. The van der Waals surface area contributed by atoms with Gasteiger partial charge in [-0.2, -0.15) is 0 Å². The van der Waals surface area contributed by atoms with E-state index in [2.05, 4.69) is 37.4 Å². The van der Waals surface area contributed by atoms with Crippen LogP contribution in [0, 0.1) is 12.5 Å². The Morgan fingerprint density at radius 3 is 2.14 bits per heavy atom. The number of hydrogen-bond acceptors (Lipinski definition) is 1. The first-order chi connectivity index (χ1) is 6.06. The van der Waals surface area contributed by atoms with Crippen LogP contribution < -0.4 is 0 Å². The third kappa shape index (κ3) is 2.72. The molecule has 0 amide bonds. The summed E-state index contributed by atoms with van der Waals surface area (Å²) in [7, 11) is 0. The second kappa shape index (κ2) is 5.36. The number of hydrogen-bond donors (Lipinski definition) is 0. The van der Waals surface area contributed by atoms with Crippen molar-refractivity contribution in [3.05, 3.63) is 11.4 Å². The molecule has 0 radical (unpaired) electrons. The lowest BCUT2D eigenvalue weighted by Gasteiger charge is -2.29. The highest BCUT2D eigenvalue weighted by Crippen LogP contribution is 2.27. The molecule has 0 bridgehead atoms. The van der Waals surface area contributed by atoms with Gasteiger partial charge in [0.2, 0.25) is 6.04 Å². The van der Waals surface area contributed by atoms with E-state index in [1.165, 1.54) is 0 Å². The Bertz CT molecular complexity index is 187. The third-order valence-electron chi connectivity index (χ3n) is 2.98. The lowest BCUT2D eigenvalue weighted by molar-refractivity contribution is 0.165. The number of likely N-dealkylation sites (tertiary alicyclic amines) is 1. The normalized spacial score (nSPS) is 27.8. The van der Waals surface area contributed by atoms with Gasteiger partial charge in [-0.15, -0.1) is 0 Å². The monoisotopic (exact) mass is 196 g/mol. The van der Waals surface area contributed by atoms with Gasteiger partial charge in [0.15, 0.2) is 0 Å². The molecule has 82 valence electrons. The van der Waals surface area contributed by atoms with Gasteiger partial charge in [-0.05, 0) is 19.8 Å². The van der Waals surface area contributed by atoms with E-state index in [9.17, 15) is 0 Å². The smallest absolute Gasteiger partial charge is 0.237 e. The van der Waals surface area contributed by atoms with Crippen molar-refractivity contribution in [2.24, 2.45) is 5.92 Å². The van der Waals surface area contributed by atoms with Gasteiger partial charge in [0.1, 0.15) is 0 Å². The van der Waals surface area contributed by atoms with Gasteiger partial charge >= 0.3 is 0 Å². The average molecular weight is 196 g/mol. The summed E-state index contributed by atoms with van der Waals surface area (Å²) in [5.41, 5.74) is 0. The Hall–Kier alpha value is -0.550. The quantitative estimate of drug-likeness (QED) is 0.616. The molecule has 1 rings (SSSR count). The lowest BCUT2D eigenvalue weighted by Crippen LogP contribution is -2.38. The van der Waals surface area contributed by atoms with Gasteiger partial charge in [0.05, 0.1) is 6.54 Å². The molecule has 0 aromatic carbocycles. The van der Waals surface area contributed by atoms with Crippen molar-refractivity contribution >= 4 is 0 Å². The van der Waals surface area contributed by atoms with E-state index < -0.39 is 0 Å². The Kier molecular flexibility index (Phi) is 5.15. The molecule has 0 spiro atoms. The molecule has 0 aromatic heterocycles. The molecule has 0 saturated carbocycles. The zero-order valence-corrected chi connectivity index (χ0v) is 9.12. The van der Waals surface area contributed by atoms with Crippen LogP contribution in [-0.4, -0.2) is 29.6 Å². The molecule has 2 atom stereocenters. The predicted molar refractivity (Wildman–Crippen MR) is 62.2 cm³/mol. The maximum Gasteiger partial charge on any atom is 0.237 e. The van der Waals surface area contributed by atoms with Crippen LogP contribution >= 0.6 is 0 Å². The Morgan fingerprint density at radius 1 is 1.29 bits per heavy atom. The summed E-state index contributed by atoms with van der Waals surface area (Å²) in [6.45, 7) is 17.0. The molecule has 1 heterocycles. The Morgan fingerprint density at radius 2 is 1.86 bits per heavy atom. The van der Waals surface area contributed by atoms with Gasteiger partial charge in [-0.1, -0.05) is 21.3 Å². The Balaban J connectivity index is 0.00000169. The molecule has 0 N–H and O–H groups in total. The van der Waals surface area contributed by atoms with E-state index in [0.717, 1.165) is 13.0 Å². The van der Waals surface area contributed by atoms with Crippen molar-refractivity contribution in [2.45, 2.75) is 59.7 Å². The minimum absolute atomic E-state index is 0. The average Bonchev–Trinajstić information content (AvgIpc) is 2.47. The standard InChI is InChI=1S/C11H20N2.CH4/c1-8(2)11-6-10(12-5)7-13(11)9(3)4;/h8-11H,6-7H2,1-4H3;1H4/t10-,11-;/m0./s1. The first kappa shape index (κ1) is 13.4. The lowest BCUT2D eigenvalue weighted by atomic mass is 10.0. The molecular formula is C12H24N2. The van der Waals surface area contributed by atoms with Crippen LogP contribution in [0.5, 0.6) is 0 Å². The van der Waals surface area contributed by atoms with Crippen LogP contribution in [0.15, 0.2) is 0 Å². The highest BCUT2D eigenvalue weighted by molar-refractivity contribution is 4.97. The summed E-state index contributed by atoms with van der Waals surface area (Å²) < 4.78 is 0. The van der Waals surface area contributed by atoms with Gasteiger partial charge in [-0.25, -0.2) is 6.57 Å². The second-order valence-corrected chi connectivity index (χ2v) is 4.62. The SMILES string of the molecule is C.[C-]#[N+][C@H]1C[C@@H](C(C)C)N(C(C)C)C1. The van der Waals surface area contributed by atoms with E-state index in [1.807, 2.05) is 0 Å². The maximum atomic E-state index is 7.06. The van der Waals surface area contributed by atoms with Crippen LogP contribution in [-0.2, 0) is 0 Å². The van der Waals surface area contributed by atoms with E-state index in [-0.39, 0.29) is 13.5 Å². The van der Waals surface area contributed by atoms with E-state index in [4.69, 9.17) is 6.57 Å². The highest BCUT2D eigenvalue weighted by Gasteiger charge is 2.38. The molecule has 14 heavy (non-hydrogen) atoms. The molecule has 0 unspecified atom stereocenters. The van der Waals surface area contributed by atoms with Crippen LogP contribution in [0.3, 0.4) is 0 Å². The topological polar surface area (TPSA) is 7.60 Å². The Labute approximate surface area is 89.1 Å². The summed E-state index contributed by atoms with van der Waals surface area (Å²) in [4.78, 5) is 6.14. The molecule has 1 aliphatic heterocycles. The fraction of sp³-hybridized carbons (Fsp3) is 0.917. The van der Waals surface area contributed by atoms with E-state index in [1.54, 1.807) is 0 Å². The zero-order valence-electron chi connectivity index (χ0n) is 9.12. The molecular weight excluding hydrogens is 172 g/mol. The largest absolute Gasteiger partial charge is 0.312 e. The van der Waals surface area contributed by atoms with Crippen LogP contribution in [0.4, 0.5) is 0 Å². The van der Waals surface area contributed by atoms with Gasteiger partial charge in [0.25, 0.3) is 0 Å². The summed E-state index contributed by atoms with van der Waals surface area (Å²) >= 11 is 0. The predicted octanol–water partition coefficient (Wildman–Crippen LogP) is 3.05. The minimum atomic E-state index is 0. The van der Waals surface area contributed by atoms with Crippen molar-refractivity contribution in [1.29, 1.82) is 0 Å². The zero-order chi connectivity index (χ0) is 10.0. The third-order valence-corrected chi connectivity index (χ3v) is 2.98. The molecule has 1 fully saturated rings. The fourth-order valence-electron chi connectivity index (χ4n) is 2.21. The summed E-state index contributed by atoms with van der Waals surface area (Å²) in [6, 6.07) is 1.45. The van der Waals surface area contributed by atoms with Gasteiger partial charge in [-0.3, -0.25) is 4.90 Å². The summed E-state index contributed by atoms with van der Waals surface area (Å²) in [5.74, 6) is 0.675. The minimum Gasteiger partial charge on any atom is -0.312 e. The van der Waals surface area contributed by atoms with Crippen LogP contribution in [0.1, 0.15) is 41.5 Å². The summed E-state index contributed by atoms with van der Waals surface area (Å²) in [5, 5.41) is 0. The van der Waals surface area contributed by atoms with Gasteiger partial charge < -0.3 is 4.85 Å². The van der Waals surface area contributed by atoms with Crippen molar-refractivity contribution in [3.63, 3.8) is 0 Å². The second-order valence-electron chi connectivity index (χ2n) is 4.62. The number of nitrogens with zero attached hydrogens (tertiary/aromatic N) is 2. The van der Waals surface area contributed by atoms with Gasteiger partial charge in [0, 0.05) is 18.5 Å². The molecule has 2 heteroatoms. The van der Waals surface area contributed by atoms with E-state index in [0.29, 0.717) is 18.0 Å². The fourth-order valence-corrected chi connectivity index (χ4v) is 2.21. The molecule has 0 aromatic rings. The summed E-state index contributed by atoms with van der Waals surface area (Å²) in [6.07, 6.45) is 1.07. The number of rotatable bonds is 2. The van der Waals surface area contributed by atoms with Crippen molar-refractivity contribution in [1.82, 2.24) is 4.90 Å². The maximum absolute atomic E-state index is 7.06. The molecule has 1 aliphatic rings. The van der Waals surface area contributed by atoms with Crippen LogP contribution in [0.25, 0.3) is 4.85 Å². The van der Waals surface area contributed by atoms with Crippen LogP contribution in [0.2, 0.25) is 0 Å². The molecule has 1 saturated heterocycles.